The summed E-state index contributed by atoms with van der Waals surface area (Å²) in [5.41, 5.74) is 1.82. The number of Topliss-reactive ketones (excluding diaryl/α,β-unsaturated/α-hetero) is 1. The maximum atomic E-state index is 12.6. The number of nitrogens with zero attached hydrogens (tertiary/aromatic N) is 2. The highest BCUT2D eigenvalue weighted by molar-refractivity contribution is 5.94. The van der Waals surface area contributed by atoms with Gasteiger partial charge in [0.15, 0.2) is 11.9 Å². The number of benzene rings is 2. The maximum absolute atomic E-state index is 12.6. The molecule has 136 valence electrons. The topological polar surface area (TPSA) is 49.9 Å². The van der Waals surface area contributed by atoms with Crippen LogP contribution in [-0.2, 0) is 4.79 Å². The molecule has 1 fully saturated rings. The van der Waals surface area contributed by atoms with E-state index in [9.17, 15) is 9.59 Å². The number of anilines is 1. The number of amides is 1. The molecule has 5 heteroatoms. The molecular weight excluding hydrogens is 328 g/mol. The summed E-state index contributed by atoms with van der Waals surface area (Å²) in [5.74, 6) is 0.601. The van der Waals surface area contributed by atoms with Gasteiger partial charge in [0.1, 0.15) is 5.75 Å². The third-order valence-electron chi connectivity index (χ3n) is 4.63. The maximum Gasteiger partial charge on any atom is 0.263 e. The fraction of sp³-hybridized carbons (Fsp3) is 0.333. The molecule has 5 nitrogen and oxygen atoms in total. The van der Waals surface area contributed by atoms with Gasteiger partial charge < -0.3 is 14.5 Å². The van der Waals surface area contributed by atoms with Crippen molar-refractivity contribution in [2.24, 2.45) is 0 Å². The molecule has 0 unspecified atom stereocenters. The third-order valence-corrected chi connectivity index (χ3v) is 4.63. The van der Waals surface area contributed by atoms with Crippen molar-refractivity contribution >= 4 is 17.4 Å². The second-order valence-electron chi connectivity index (χ2n) is 6.49. The molecule has 0 aliphatic carbocycles. The van der Waals surface area contributed by atoms with Gasteiger partial charge in [-0.15, -0.1) is 0 Å². The fourth-order valence-corrected chi connectivity index (χ4v) is 3.10. The predicted octanol–water partition coefficient (Wildman–Crippen LogP) is 3.01. The van der Waals surface area contributed by atoms with Gasteiger partial charge in [-0.2, -0.15) is 0 Å². The Kier molecular flexibility index (Phi) is 5.56. The zero-order valence-electron chi connectivity index (χ0n) is 15.2. The summed E-state index contributed by atoms with van der Waals surface area (Å²) in [4.78, 5) is 28.1. The van der Waals surface area contributed by atoms with Gasteiger partial charge in [0.2, 0.25) is 0 Å². The Balaban J connectivity index is 1.53. The average molecular weight is 352 g/mol. The lowest BCUT2D eigenvalue weighted by Crippen LogP contribution is -2.52. The van der Waals surface area contributed by atoms with Crippen LogP contribution in [0.2, 0.25) is 0 Å². The first kappa shape index (κ1) is 18.0. The summed E-state index contributed by atoms with van der Waals surface area (Å²) >= 11 is 0. The predicted molar refractivity (Wildman–Crippen MR) is 102 cm³/mol. The highest BCUT2D eigenvalue weighted by atomic mass is 16.5. The van der Waals surface area contributed by atoms with Crippen LogP contribution in [0.3, 0.4) is 0 Å². The lowest BCUT2D eigenvalue weighted by atomic mass is 10.1. The number of ether oxygens (including phenoxy) is 1. The summed E-state index contributed by atoms with van der Waals surface area (Å²) < 4.78 is 5.76. The molecule has 0 spiro atoms. The van der Waals surface area contributed by atoms with E-state index in [4.69, 9.17) is 4.74 Å². The molecule has 3 rings (SSSR count). The van der Waals surface area contributed by atoms with Gasteiger partial charge in [-0.3, -0.25) is 9.59 Å². The molecule has 26 heavy (non-hydrogen) atoms. The Bertz CT molecular complexity index is 751. The van der Waals surface area contributed by atoms with Crippen LogP contribution in [0.1, 0.15) is 24.2 Å². The highest BCUT2D eigenvalue weighted by Crippen LogP contribution is 2.18. The van der Waals surface area contributed by atoms with Crippen molar-refractivity contribution < 1.29 is 14.3 Å². The molecule has 0 N–H and O–H groups in total. The first-order valence-corrected chi connectivity index (χ1v) is 8.91. The Labute approximate surface area is 154 Å². The van der Waals surface area contributed by atoms with Gasteiger partial charge in [0.25, 0.3) is 5.91 Å². The van der Waals surface area contributed by atoms with E-state index < -0.39 is 6.10 Å². The van der Waals surface area contributed by atoms with E-state index in [-0.39, 0.29) is 11.7 Å². The van der Waals surface area contributed by atoms with Crippen molar-refractivity contribution in [2.45, 2.75) is 20.0 Å². The van der Waals surface area contributed by atoms with Crippen molar-refractivity contribution in [1.82, 2.24) is 4.90 Å². The van der Waals surface area contributed by atoms with Gasteiger partial charge in [-0.25, -0.2) is 0 Å². The van der Waals surface area contributed by atoms with E-state index in [0.29, 0.717) is 24.4 Å². The monoisotopic (exact) mass is 352 g/mol. The number of para-hydroxylation sites is 1. The molecule has 1 heterocycles. The normalized spacial score (nSPS) is 15.5. The van der Waals surface area contributed by atoms with Crippen LogP contribution in [0.4, 0.5) is 5.69 Å². The second-order valence-corrected chi connectivity index (χ2v) is 6.49. The van der Waals surface area contributed by atoms with Gasteiger partial charge in [-0.1, -0.05) is 18.2 Å². The fourth-order valence-electron chi connectivity index (χ4n) is 3.10. The molecule has 1 atom stereocenters. The van der Waals surface area contributed by atoms with Crippen LogP contribution < -0.4 is 9.64 Å². The van der Waals surface area contributed by atoms with E-state index in [1.165, 1.54) is 12.6 Å². The van der Waals surface area contributed by atoms with Crippen LogP contribution in [0.15, 0.2) is 54.6 Å². The average Bonchev–Trinajstić information content (AvgIpc) is 2.68. The van der Waals surface area contributed by atoms with Gasteiger partial charge in [0.05, 0.1) is 0 Å². The number of hydrogen-bond donors (Lipinski definition) is 0. The van der Waals surface area contributed by atoms with E-state index in [2.05, 4.69) is 17.0 Å². The zero-order valence-corrected chi connectivity index (χ0v) is 15.2. The van der Waals surface area contributed by atoms with Crippen LogP contribution in [0.25, 0.3) is 0 Å². The summed E-state index contributed by atoms with van der Waals surface area (Å²) in [6.45, 7) is 6.29. The zero-order chi connectivity index (χ0) is 18.5. The van der Waals surface area contributed by atoms with Crippen molar-refractivity contribution in [3.8, 4) is 5.75 Å². The Hall–Kier alpha value is -2.82. The number of hydrogen-bond acceptors (Lipinski definition) is 4. The lowest BCUT2D eigenvalue weighted by molar-refractivity contribution is -0.138. The first-order valence-electron chi connectivity index (χ1n) is 8.91. The molecule has 0 saturated carbocycles. The summed E-state index contributed by atoms with van der Waals surface area (Å²) in [5, 5.41) is 0. The van der Waals surface area contributed by atoms with Crippen LogP contribution in [-0.4, -0.2) is 48.9 Å². The summed E-state index contributed by atoms with van der Waals surface area (Å²) in [6.07, 6.45) is -0.554. The van der Waals surface area contributed by atoms with Crippen molar-refractivity contribution in [2.75, 3.05) is 31.1 Å². The largest absolute Gasteiger partial charge is 0.481 e. The molecule has 2 aromatic rings. The SMILES string of the molecule is CC(=O)c1ccc(O[C@@H](C)C(=O)N2CCN(c3ccccc3)CC2)cc1. The third kappa shape index (κ3) is 4.23. The molecule has 1 aliphatic rings. The Morgan fingerprint density at radius 2 is 1.54 bits per heavy atom. The molecule has 0 radical (unpaired) electrons. The second kappa shape index (κ2) is 8.04. The quantitative estimate of drug-likeness (QED) is 0.776. The molecule has 1 aliphatic heterocycles. The first-order chi connectivity index (χ1) is 12.5. The van der Waals surface area contributed by atoms with E-state index in [1.807, 2.05) is 23.1 Å². The van der Waals surface area contributed by atoms with Gasteiger partial charge in [-0.05, 0) is 50.2 Å². The lowest BCUT2D eigenvalue weighted by Gasteiger charge is -2.37. The molecule has 1 amide bonds. The molecular formula is C21H24N2O3. The van der Waals surface area contributed by atoms with Crippen molar-refractivity contribution in [1.29, 1.82) is 0 Å². The van der Waals surface area contributed by atoms with E-state index in [0.717, 1.165) is 13.1 Å². The summed E-state index contributed by atoms with van der Waals surface area (Å²) in [6, 6.07) is 17.1. The van der Waals surface area contributed by atoms with Crippen molar-refractivity contribution in [3.63, 3.8) is 0 Å². The molecule has 0 aromatic heterocycles. The van der Waals surface area contributed by atoms with Crippen LogP contribution in [0, 0.1) is 0 Å². The number of rotatable bonds is 5. The minimum Gasteiger partial charge on any atom is -0.481 e. The molecule has 1 saturated heterocycles. The standard InChI is InChI=1S/C21H24N2O3/c1-16(24)18-8-10-20(11-9-18)26-17(2)21(25)23-14-12-22(13-15-23)19-6-4-3-5-7-19/h3-11,17H,12-15H2,1-2H3/t17-/m0/s1. The van der Waals surface area contributed by atoms with E-state index >= 15 is 0 Å². The van der Waals surface area contributed by atoms with E-state index in [1.54, 1.807) is 31.2 Å². The van der Waals surface area contributed by atoms with Gasteiger partial charge >= 0.3 is 0 Å². The van der Waals surface area contributed by atoms with Crippen LogP contribution in [0.5, 0.6) is 5.75 Å². The number of carbonyl (C=O) groups excluding carboxylic acids is 2. The Morgan fingerprint density at radius 1 is 0.923 bits per heavy atom. The smallest absolute Gasteiger partial charge is 0.263 e. The number of carbonyl (C=O) groups is 2. The minimum atomic E-state index is -0.554. The summed E-state index contributed by atoms with van der Waals surface area (Å²) in [7, 11) is 0. The van der Waals surface area contributed by atoms with Gasteiger partial charge in [0, 0.05) is 37.4 Å². The minimum absolute atomic E-state index is 0.00615. The molecule has 2 aromatic carbocycles. The Morgan fingerprint density at radius 3 is 2.12 bits per heavy atom. The number of ketones is 1. The number of piperazine rings is 1. The molecule has 0 bridgehead atoms. The highest BCUT2D eigenvalue weighted by Gasteiger charge is 2.26. The van der Waals surface area contributed by atoms with Crippen LogP contribution >= 0.6 is 0 Å². The van der Waals surface area contributed by atoms with Crippen molar-refractivity contribution in [3.05, 3.63) is 60.2 Å².